The van der Waals surface area contributed by atoms with E-state index in [1.54, 1.807) is 0 Å². The fourth-order valence-corrected chi connectivity index (χ4v) is 8.90. The van der Waals surface area contributed by atoms with Crippen LogP contribution in [-0.4, -0.2) is 0 Å². The largest absolute Gasteiger partial charge is 0.457 e. The highest BCUT2D eigenvalue weighted by Gasteiger charge is 2.30. The Bertz CT molecular complexity index is 1500. The summed E-state index contributed by atoms with van der Waals surface area (Å²) >= 11 is 0. The van der Waals surface area contributed by atoms with E-state index in [2.05, 4.69) is 158 Å². The standard InChI is InChI=1S/C36H30OS2/c1-5-13-31(14-6-1)38(32-15-7-2-8-16-32)35-25-21-29(22-26-35)37-30-23-27-36(28-24-30)39(33-17-9-3-10-18-33)34-19-11-4-12-20-34/h1-3,5-11,13-28H,4,12H2/q+2. The van der Waals surface area contributed by atoms with Crippen molar-refractivity contribution in [1.29, 1.82) is 0 Å². The first-order valence-corrected chi connectivity index (χ1v) is 15.7. The second-order valence-corrected chi connectivity index (χ2v) is 13.2. The molecule has 5 aromatic carbocycles. The number of ether oxygens (including phenoxy) is 1. The molecule has 190 valence electrons. The van der Waals surface area contributed by atoms with Gasteiger partial charge in [0.25, 0.3) is 0 Å². The summed E-state index contributed by atoms with van der Waals surface area (Å²) < 4.78 is 6.29. The van der Waals surface area contributed by atoms with Crippen molar-refractivity contribution in [3.8, 4) is 11.5 Å². The zero-order valence-corrected chi connectivity index (χ0v) is 23.3. The molecule has 0 aromatic heterocycles. The van der Waals surface area contributed by atoms with Crippen molar-refractivity contribution < 1.29 is 4.74 Å². The molecule has 1 aliphatic rings. The van der Waals surface area contributed by atoms with Crippen LogP contribution < -0.4 is 4.74 Å². The monoisotopic (exact) mass is 542 g/mol. The lowest BCUT2D eigenvalue weighted by Crippen LogP contribution is -2.07. The van der Waals surface area contributed by atoms with Gasteiger partial charge in [0.15, 0.2) is 29.4 Å². The normalized spacial score (nSPS) is 13.6. The lowest BCUT2D eigenvalue weighted by molar-refractivity contribution is 0.482. The van der Waals surface area contributed by atoms with Crippen LogP contribution in [0.15, 0.2) is 187 Å². The lowest BCUT2D eigenvalue weighted by Gasteiger charge is -2.12. The van der Waals surface area contributed by atoms with Crippen LogP contribution in [0.4, 0.5) is 0 Å². The number of hydrogen-bond donors (Lipinski definition) is 0. The summed E-state index contributed by atoms with van der Waals surface area (Å²) in [4.78, 5) is 7.93. The third kappa shape index (κ3) is 6.06. The van der Waals surface area contributed by atoms with Crippen LogP contribution in [0.3, 0.4) is 0 Å². The predicted molar refractivity (Wildman–Crippen MR) is 165 cm³/mol. The molecule has 0 heterocycles. The van der Waals surface area contributed by atoms with Gasteiger partial charge >= 0.3 is 0 Å². The van der Waals surface area contributed by atoms with Gasteiger partial charge in [0.05, 0.1) is 21.8 Å². The van der Waals surface area contributed by atoms with Crippen LogP contribution in [-0.2, 0) is 21.8 Å². The zero-order valence-electron chi connectivity index (χ0n) is 21.7. The van der Waals surface area contributed by atoms with E-state index in [4.69, 9.17) is 4.74 Å². The van der Waals surface area contributed by atoms with E-state index < -0.39 is 0 Å². The lowest BCUT2D eigenvalue weighted by atomic mass is 10.2. The van der Waals surface area contributed by atoms with Crippen LogP contribution in [0.5, 0.6) is 11.5 Å². The second kappa shape index (κ2) is 12.3. The Morgan fingerprint density at radius 3 is 1.26 bits per heavy atom. The minimum Gasteiger partial charge on any atom is -0.457 e. The molecule has 0 radical (unpaired) electrons. The van der Waals surface area contributed by atoms with Crippen LogP contribution >= 0.6 is 0 Å². The maximum atomic E-state index is 6.29. The summed E-state index contributed by atoms with van der Waals surface area (Å²) in [5.41, 5.74) is 0. The topological polar surface area (TPSA) is 9.23 Å². The summed E-state index contributed by atoms with van der Waals surface area (Å²) in [6.45, 7) is 0. The van der Waals surface area contributed by atoms with Crippen LogP contribution in [0.25, 0.3) is 0 Å². The van der Waals surface area contributed by atoms with E-state index in [0.29, 0.717) is 0 Å². The fraction of sp³-hybridized carbons (Fsp3) is 0.0556. The van der Waals surface area contributed by atoms with Gasteiger partial charge in [-0.05, 0) is 110 Å². The molecule has 1 atom stereocenters. The minimum atomic E-state index is -0.164. The SMILES string of the molecule is C1=CC([S+](c2ccccc2)c2ccc(Oc3ccc([S+](c4ccccc4)c4ccccc4)cc3)cc2)=CCC1. The summed E-state index contributed by atoms with van der Waals surface area (Å²) in [5, 5.41) is 0. The number of benzene rings is 5. The molecular weight excluding hydrogens is 513 g/mol. The predicted octanol–water partition coefficient (Wildman–Crippen LogP) is 9.84. The maximum Gasteiger partial charge on any atom is 0.166 e. The molecule has 3 heteroatoms. The Labute approximate surface area is 237 Å². The Morgan fingerprint density at radius 2 is 0.821 bits per heavy atom. The van der Waals surface area contributed by atoms with Crippen LogP contribution in [0.1, 0.15) is 12.8 Å². The smallest absolute Gasteiger partial charge is 0.166 e. The average Bonchev–Trinajstić information content (AvgIpc) is 3.01. The quantitative estimate of drug-likeness (QED) is 0.177. The summed E-state index contributed by atoms with van der Waals surface area (Å²) in [6.07, 6.45) is 9.21. The van der Waals surface area contributed by atoms with Crippen molar-refractivity contribution in [3.05, 3.63) is 163 Å². The molecule has 1 aliphatic carbocycles. The van der Waals surface area contributed by atoms with E-state index >= 15 is 0 Å². The molecule has 6 rings (SSSR count). The van der Waals surface area contributed by atoms with Gasteiger partial charge in [0, 0.05) is 0 Å². The van der Waals surface area contributed by atoms with Crippen molar-refractivity contribution in [2.75, 3.05) is 0 Å². The molecule has 0 amide bonds. The maximum absolute atomic E-state index is 6.29. The highest BCUT2D eigenvalue weighted by atomic mass is 32.2. The molecule has 1 unspecified atom stereocenters. The first-order valence-electron chi connectivity index (χ1n) is 13.2. The Hall–Kier alpha value is -3.92. The van der Waals surface area contributed by atoms with E-state index in [1.807, 2.05) is 0 Å². The first-order chi connectivity index (χ1) is 19.3. The summed E-state index contributed by atoms with van der Waals surface area (Å²) in [5.74, 6) is 1.69. The molecule has 0 saturated heterocycles. The molecule has 0 spiro atoms. The van der Waals surface area contributed by atoms with E-state index in [-0.39, 0.29) is 21.8 Å². The van der Waals surface area contributed by atoms with Crippen molar-refractivity contribution in [2.45, 2.75) is 37.3 Å². The van der Waals surface area contributed by atoms with Crippen LogP contribution in [0.2, 0.25) is 0 Å². The molecule has 0 saturated carbocycles. The van der Waals surface area contributed by atoms with Gasteiger partial charge in [-0.25, -0.2) is 0 Å². The van der Waals surface area contributed by atoms with Gasteiger partial charge in [-0.15, -0.1) is 0 Å². The Kier molecular flexibility index (Phi) is 7.99. The molecule has 0 fully saturated rings. The Balaban J connectivity index is 1.23. The molecule has 39 heavy (non-hydrogen) atoms. The van der Waals surface area contributed by atoms with Gasteiger partial charge in [-0.2, -0.15) is 0 Å². The van der Waals surface area contributed by atoms with Crippen molar-refractivity contribution in [3.63, 3.8) is 0 Å². The number of allylic oxidation sites excluding steroid dienone is 3. The van der Waals surface area contributed by atoms with Gasteiger partial charge in [0.1, 0.15) is 11.5 Å². The minimum absolute atomic E-state index is 0.118. The molecule has 0 bridgehead atoms. The molecule has 0 aliphatic heterocycles. The highest BCUT2D eigenvalue weighted by molar-refractivity contribution is 8.00. The van der Waals surface area contributed by atoms with Gasteiger partial charge < -0.3 is 4.74 Å². The van der Waals surface area contributed by atoms with Crippen molar-refractivity contribution in [1.82, 2.24) is 0 Å². The van der Waals surface area contributed by atoms with Crippen molar-refractivity contribution >= 4 is 21.8 Å². The number of rotatable bonds is 8. The fourth-order valence-electron chi connectivity index (χ4n) is 4.65. The van der Waals surface area contributed by atoms with E-state index in [1.165, 1.54) is 29.4 Å². The average molecular weight is 543 g/mol. The summed E-state index contributed by atoms with van der Waals surface area (Å²) in [7, 11) is -0.282. The van der Waals surface area contributed by atoms with E-state index in [0.717, 1.165) is 24.3 Å². The third-order valence-electron chi connectivity index (χ3n) is 6.49. The molecular formula is C36H30OS2+2. The zero-order chi connectivity index (χ0) is 26.3. The first kappa shape index (κ1) is 25.4. The number of hydrogen-bond acceptors (Lipinski definition) is 1. The van der Waals surface area contributed by atoms with Crippen molar-refractivity contribution in [2.24, 2.45) is 0 Å². The third-order valence-corrected chi connectivity index (χ3v) is 11.0. The Morgan fingerprint density at radius 1 is 0.410 bits per heavy atom. The van der Waals surface area contributed by atoms with Gasteiger partial charge in [0.2, 0.25) is 0 Å². The highest BCUT2D eigenvalue weighted by Crippen LogP contribution is 2.35. The van der Waals surface area contributed by atoms with Gasteiger partial charge in [-0.1, -0.05) is 60.7 Å². The molecule has 1 nitrogen and oxygen atoms in total. The van der Waals surface area contributed by atoms with Crippen LogP contribution in [0, 0.1) is 0 Å². The summed E-state index contributed by atoms with van der Waals surface area (Å²) in [6, 6.07) is 49.4. The molecule has 0 N–H and O–H groups in total. The molecule has 5 aromatic rings. The second-order valence-electron chi connectivity index (χ2n) is 9.18. The van der Waals surface area contributed by atoms with Gasteiger partial charge in [-0.3, -0.25) is 0 Å². The van der Waals surface area contributed by atoms with E-state index in [9.17, 15) is 0 Å².